The van der Waals surface area contributed by atoms with E-state index in [9.17, 15) is 9.59 Å². The summed E-state index contributed by atoms with van der Waals surface area (Å²) in [7, 11) is 0. The summed E-state index contributed by atoms with van der Waals surface area (Å²) in [6.07, 6.45) is 5.98. The van der Waals surface area contributed by atoms with Crippen LogP contribution in [0, 0.1) is 0 Å². The van der Waals surface area contributed by atoms with Crippen LogP contribution in [0.15, 0.2) is 54.6 Å². The topological polar surface area (TPSA) is 70.2 Å². The molecule has 2 aromatic rings. The lowest BCUT2D eigenvalue weighted by molar-refractivity contribution is 0.0929. The Bertz CT molecular complexity index is 699. The lowest BCUT2D eigenvalue weighted by Crippen LogP contribution is -2.37. The van der Waals surface area contributed by atoms with Crippen molar-refractivity contribution in [3.8, 4) is 0 Å². The van der Waals surface area contributed by atoms with Crippen LogP contribution in [0.4, 0.5) is 0 Å². The molecule has 0 radical (unpaired) electrons. The molecular formula is C22H29N3O2. The molecule has 0 aliphatic carbocycles. The summed E-state index contributed by atoms with van der Waals surface area (Å²) < 4.78 is 0. The molecule has 144 valence electrons. The molecule has 3 N–H and O–H groups in total. The van der Waals surface area contributed by atoms with Crippen LogP contribution in [-0.2, 0) is 6.54 Å². The predicted octanol–water partition coefficient (Wildman–Crippen LogP) is 3.82. The lowest BCUT2D eigenvalue weighted by atomic mass is 10.1. The first-order valence-corrected chi connectivity index (χ1v) is 9.66. The second-order valence-corrected chi connectivity index (χ2v) is 6.54. The van der Waals surface area contributed by atoms with Gasteiger partial charge >= 0.3 is 0 Å². The highest BCUT2D eigenvalue weighted by Crippen LogP contribution is 2.05. The fraction of sp³-hybridized carbons (Fsp3) is 0.364. The van der Waals surface area contributed by atoms with Gasteiger partial charge in [0.25, 0.3) is 11.8 Å². The molecule has 0 fully saturated rings. The number of benzene rings is 2. The zero-order chi connectivity index (χ0) is 19.3. The van der Waals surface area contributed by atoms with Crippen LogP contribution in [0.5, 0.6) is 0 Å². The largest absolute Gasteiger partial charge is 0.348 e. The smallest absolute Gasteiger partial charge is 0.265 e. The maximum Gasteiger partial charge on any atom is 0.265 e. The summed E-state index contributed by atoms with van der Waals surface area (Å²) in [5.74, 6) is -0.260. The SMILES string of the molecule is CCCCCCCNNC(=O)c1ccc(CNC(=O)c2ccccc2)cc1. The quantitative estimate of drug-likeness (QED) is 0.418. The molecule has 0 aromatic heterocycles. The number of nitrogens with one attached hydrogen (secondary N) is 3. The molecule has 5 heteroatoms. The van der Waals surface area contributed by atoms with Gasteiger partial charge in [-0.25, -0.2) is 5.43 Å². The minimum atomic E-state index is -0.150. The Hall–Kier alpha value is -2.66. The van der Waals surface area contributed by atoms with E-state index >= 15 is 0 Å². The average Bonchev–Trinajstić information content (AvgIpc) is 2.72. The molecule has 5 nitrogen and oxygen atoms in total. The van der Waals surface area contributed by atoms with Crippen molar-refractivity contribution < 1.29 is 9.59 Å². The Balaban J connectivity index is 1.69. The van der Waals surface area contributed by atoms with E-state index in [0.717, 1.165) is 18.5 Å². The minimum Gasteiger partial charge on any atom is -0.348 e. The van der Waals surface area contributed by atoms with Gasteiger partial charge in [0, 0.05) is 24.2 Å². The van der Waals surface area contributed by atoms with Crippen LogP contribution in [0.3, 0.4) is 0 Å². The summed E-state index contributed by atoms with van der Waals surface area (Å²) in [6, 6.07) is 16.3. The summed E-state index contributed by atoms with van der Waals surface area (Å²) in [5, 5.41) is 2.87. The highest BCUT2D eigenvalue weighted by Gasteiger charge is 2.06. The van der Waals surface area contributed by atoms with E-state index in [1.165, 1.54) is 25.7 Å². The highest BCUT2D eigenvalue weighted by molar-refractivity contribution is 5.94. The van der Waals surface area contributed by atoms with Crippen LogP contribution in [0.2, 0.25) is 0 Å². The van der Waals surface area contributed by atoms with Crippen LogP contribution in [0.1, 0.15) is 65.3 Å². The molecule has 0 heterocycles. The third kappa shape index (κ3) is 7.62. The van der Waals surface area contributed by atoms with Crippen molar-refractivity contribution in [2.75, 3.05) is 6.54 Å². The molecule has 0 saturated carbocycles. The minimum absolute atomic E-state index is 0.111. The number of hydrogen-bond donors (Lipinski definition) is 3. The highest BCUT2D eigenvalue weighted by atomic mass is 16.2. The molecule has 0 spiro atoms. The van der Waals surface area contributed by atoms with Gasteiger partial charge in [0.15, 0.2) is 0 Å². The van der Waals surface area contributed by atoms with E-state index in [0.29, 0.717) is 17.7 Å². The molecular weight excluding hydrogens is 338 g/mol. The molecule has 0 aliphatic heterocycles. The van der Waals surface area contributed by atoms with Crippen molar-refractivity contribution >= 4 is 11.8 Å². The maximum absolute atomic E-state index is 12.1. The van der Waals surface area contributed by atoms with E-state index in [1.54, 1.807) is 24.3 Å². The van der Waals surface area contributed by atoms with Gasteiger partial charge in [-0.05, 0) is 36.2 Å². The van der Waals surface area contributed by atoms with Gasteiger partial charge in [0.2, 0.25) is 0 Å². The summed E-state index contributed by atoms with van der Waals surface area (Å²) in [4.78, 5) is 24.1. The van der Waals surface area contributed by atoms with Crippen molar-refractivity contribution in [2.45, 2.75) is 45.6 Å². The third-order valence-electron chi connectivity index (χ3n) is 4.31. The van der Waals surface area contributed by atoms with E-state index in [-0.39, 0.29) is 11.8 Å². The number of carbonyl (C=O) groups is 2. The number of unbranched alkanes of at least 4 members (excludes halogenated alkanes) is 4. The number of carbonyl (C=O) groups excluding carboxylic acids is 2. The molecule has 0 saturated heterocycles. The first kappa shape index (κ1) is 20.6. The van der Waals surface area contributed by atoms with E-state index in [4.69, 9.17) is 0 Å². The van der Waals surface area contributed by atoms with Crippen molar-refractivity contribution in [3.05, 3.63) is 71.3 Å². The Kier molecular flexibility index (Phi) is 9.07. The summed E-state index contributed by atoms with van der Waals surface area (Å²) in [5.41, 5.74) is 7.87. The summed E-state index contributed by atoms with van der Waals surface area (Å²) >= 11 is 0. The van der Waals surface area contributed by atoms with Crippen molar-refractivity contribution in [3.63, 3.8) is 0 Å². The molecule has 2 aromatic carbocycles. The second kappa shape index (κ2) is 11.9. The Morgan fingerprint density at radius 1 is 0.778 bits per heavy atom. The number of rotatable bonds is 11. The standard InChI is InChI=1S/C22H29N3O2/c1-2-3-4-5-9-16-24-25-22(27)20-14-12-18(13-15-20)17-23-21(26)19-10-7-6-8-11-19/h6-8,10-15,24H,2-5,9,16-17H2,1H3,(H,23,26)(H,25,27). The summed E-state index contributed by atoms with van der Waals surface area (Å²) in [6.45, 7) is 3.39. The first-order chi connectivity index (χ1) is 13.2. The van der Waals surface area contributed by atoms with Crippen molar-refractivity contribution in [1.29, 1.82) is 0 Å². The Labute approximate surface area is 161 Å². The lowest BCUT2D eigenvalue weighted by Gasteiger charge is -2.09. The number of hydrazine groups is 1. The molecule has 0 unspecified atom stereocenters. The van der Waals surface area contributed by atoms with Gasteiger partial charge in [-0.3, -0.25) is 15.0 Å². The number of hydrogen-bond acceptors (Lipinski definition) is 3. The first-order valence-electron chi connectivity index (χ1n) is 9.66. The van der Waals surface area contributed by atoms with E-state index in [2.05, 4.69) is 23.1 Å². The Morgan fingerprint density at radius 2 is 1.44 bits per heavy atom. The fourth-order valence-corrected chi connectivity index (χ4v) is 2.68. The van der Waals surface area contributed by atoms with Gasteiger partial charge in [-0.1, -0.05) is 62.9 Å². The van der Waals surface area contributed by atoms with Gasteiger partial charge in [0.05, 0.1) is 0 Å². The monoisotopic (exact) mass is 367 g/mol. The molecule has 2 rings (SSSR count). The van der Waals surface area contributed by atoms with E-state index in [1.807, 2.05) is 30.3 Å². The van der Waals surface area contributed by atoms with Crippen LogP contribution >= 0.6 is 0 Å². The normalized spacial score (nSPS) is 10.4. The zero-order valence-electron chi connectivity index (χ0n) is 16.0. The van der Waals surface area contributed by atoms with Gasteiger partial charge < -0.3 is 5.32 Å². The van der Waals surface area contributed by atoms with Crippen molar-refractivity contribution in [1.82, 2.24) is 16.2 Å². The van der Waals surface area contributed by atoms with E-state index < -0.39 is 0 Å². The average molecular weight is 367 g/mol. The third-order valence-corrected chi connectivity index (χ3v) is 4.31. The molecule has 0 atom stereocenters. The number of amides is 2. The second-order valence-electron chi connectivity index (χ2n) is 6.54. The maximum atomic E-state index is 12.1. The van der Waals surface area contributed by atoms with Gasteiger partial charge in [0.1, 0.15) is 0 Å². The zero-order valence-corrected chi connectivity index (χ0v) is 16.0. The van der Waals surface area contributed by atoms with Crippen LogP contribution in [-0.4, -0.2) is 18.4 Å². The molecule has 27 heavy (non-hydrogen) atoms. The molecule has 2 amide bonds. The van der Waals surface area contributed by atoms with Crippen molar-refractivity contribution in [2.24, 2.45) is 0 Å². The van der Waals surface area contributed by atoms with Crippen LogP contribution in [0.25, 0.3) is 0 Å². The Morgan fingerprint density at radius 3 is 2.15 bits per heavy atom. The fourth-order valence-electron chi connectivity index (χ4n) is 2.68. The van der Waals surface area contributed by atoms with Gasteiger partial charge in [-0.2, -0.15) is 0 Å². The van der Waals surface area contributed by atoms with Gasteiger partial charge in [-0.15, -0.1) is 0 Å². The molecule has 0 aliphatic rings. The molecule has 0 bridgehead atoms. The van der Waals surface area contributed by atoms with Crippen LogP contribution < -0.4 is 16.2 Å². The predicted molar refractivity (Wildman–Crippen MR) is 108 cm³/mol.